The van der Waals surface area contributed by atoms with Gasteiger partial charge in [-0.2, -0.15) is 13.2 Å². The van der Waals surface area contributed by atoms with Crippen LogP contribution in [0.4, 0.5) is 24.5 Å². The summed E-state index contributed by atoms with van der Waals surface area (Å²) >= 11 is 6.70. The van der Waals surface area contributed by atoms with Gasteiger partial charge in [-0.15, -0.1) is 11.3 Å². The number of carbonyl (C=O) groups excluding carboxylic acids is 3. The minimum atomic E-state index is -5.05. The first-order valence-corrected chi connectivity index (χ1v) is 13.1. The van der Waals surface area contributed by atoms with E-state index < -0.39 is 46.4 Å². The third-order valence-electron chi connectivity index (χ3n) is 4.69. The molecule has 2 heterocycles. The Hall–Kier alpha value is -2.72. The molecule has 2 aromatic rings. The molecule has 10 nitrogen and oxygen atoms in total. The highest BCUT2D eigenvalue weighted by atomic mass is 35.5. The second-order valence-corrected chi connectivity index (χ2v) is 11.0. The van der Waals surface area contributed by atoms with E-state index in [9.17, 15) is 36.0 Å². The summed E-state index contributed by atoms with van der Waals surface area (Å²) in [6.45, 7) is -0.0185. The number of benzene rings is 1. The van der Waals surface area contributed by atoms with Crippen molar-refractivity contribution in [1.82, 2.24) is 10.0 Å². The highest BCUT2D eigenvalue weighted by molar-refractivity contribution is 7.89. The van der Waals surface area contributed by atoms with Crippen LogP contribution in [0.15, 0.2) is 36.4 Å². The van der Waals surface area contributed by atoms with Crippen LogP contribution in [0.5, 0.6) is 0 Å². The summed E-state index contributed by atoms with van der Waals surface area (Å²) in [7, 11) is -4.97. The van der Waals surface area contributed by atoms with Crippen LogP contribution in [0, 0.1) is 0 Å². The zero-order valence-electron chi connectivity index (χ0n) is 18.3. The Morgan fingerprint density at radius 1 is 1.17 bits per heavy atom. The predicted octanol–water partition coefficient (Wildman–Crippen LogP) is 1.98. The van der Waals surface area contributed by atoms with Crippen molar-refractivity contribution in [3.05, 3.63) is 45.6 Å². The monoisotopic (exact) mass is 568 g/mol. The zero-order chi connectivity index (χ0) is 26.5. The normalized spacial score (nSPS) is 15.4. The molecule has 3 N–H and O–H groups in total. The molecule has 3 amide bonds. The molecule has 16 heteroatoms. The Balaban J connectivity index is 1.71. The molecule has 1 saturated heterocycles. The van der Waals surface area contributed by atoms with Crippen molar-refractivity contribution in [2.24, 2.45) is 0 Å². The molecular weight excluding hydrogens is 549 g/mol. The van der Waals surface area contributed by atoms with Crippen molar-refractivity contribution >= 4 is 62.1 Å². The number of hydrogen-bond donors (Lipinski definition) is 3. The van der Waals surface area contributed by atoms with Crippen molar-refractivity contribution in [3.8, 4) is 0 Å². The van der Waals surface area contributed by atoms with Crippen LogP contribution in [0.3, 0.4) is 0 Å². The fourth-order valence-electron chi connectivity index (χ4n) is 3.13. The van der Waals surface area contributed by atoms with Gasteiger partial charge in [-0.3, -0.25) is 14.4 Å². The van der Waals surface area contributed by atoms with Gasteiger partial charge in [0.15, 0.2) is 5.75 Å². The number of anilines is 2. The van der Waals surface area contributed by atoms with E-state index in [0.717, 1.165) is 11.3 Å². The van der Waals surface area contributed by atoms with Crippen molar-refractivity contribution in [3.63, 3.8) is 0 Å². The van der Waals surface area contributed by atoms with E-state index in [1.165, 1.54) is 41.3 Å². The smallest absolute Gasteiger partial charge is 0.370 e. The topological polar surface area (TPSA) is 134 Å². The number of sulfonamides is 1. The summed E-state index contributed by atoms with van der Waals surface area (Å²) in [5, 5.41) is 4.70. The molecule has 36 heavy (non-hydrogen) atoms. The molecule has 1 aliphatic heterocycles. The largest absolute Gasteiger partial charge is 0.404 e. The Morgan fingerprint density at radius 2 is 1.86 bits per heavy atom. The first-order chi connectivity index (χ1) is 16.8. The summed E-state index contributed by atoms with van der Waals surface area (Å²) in [5.74, 6) is -4.17. The summed E-state index contributed by atoms with van der Waals surface area (Å²) in [5.41, 5.74) is 0.714. The van der Waals surface area contributed by atoms with Crippen molar-refractivity contribution in [1.29, 1.82) is 0 Å². The minimum absolute atomic E-state index is 0.0678. The number of halogens is 4. The number of morpholine rings is 1. The lowest BCUT2D eigenvalue weighted by Crippen LogP contribution is -2.52. The summed E-state index contributed by atoms with van der Waals surface area (Å²) in [4.78, 5) is 38.6. The van der Waals surface area contributed by atoms with Gasteiger partial charge in [0, 0.05) is 24.5 Å². The van der Waals surface area contributed by atoms with Crippen LogP contribution < -0.4 is 20.3 Å². The maximum absolute atomic E-state index is 12.8. The van der Waals surface area contributed by atoms with E-state index in [1.54, 1.807) is 4.72 Å². The molecule has 196 valence electrons. The maximum atomic E-state index is 12.8. The van der Waals surface area contributed by atoms with Gasteiger partial charge in [0.05, 0.1) is 15.8 Å². The highest BCUT2D eigenvalue weighted by Crippen LogP contribution is 2.22. The van der Waals surface area contributed by atoms with E-state index in [2.05, 4.69) is 10.6 Å². The first kappa shape index (κ1) is 27.9. The Morgan fingerprint density at radius 3 is 2.44 bits per heavy atom. The lowest BCUT2D eigenvalue weighted by Gasteiger charge is -2.27. The third-order valence-corrected chi connectivity index (χ3v) is 7.27. The highest BCUT2D eigenvalue weighted by Gasteiger charge is 2.37. The fraction of sp³-hybridized carbons (Fsp3) is 0.350. The number of amides is 3. The van der Waals surface area contributed by atoms with Crippen LogP contribution in [0.2, 0.25) is 4.34 Å². The predicted molar refractivity (Wildman–Crippen MR) is 127 cm³/mol. The van der Waals surface area contributed by atoms with E-state index in [4.69, 9.17) is 16.3 Å². The molecule has 1 aliphatic rings. The van der Waals surface area contributed by atoms with Gasteiger partial charge in [-0.1, -0.05) is 11.6 Å². The lowest BCUT2D eigenvalue weighted by molar-refractivity contribution is -0.125. The van der Waals surface area contributed by atoms with E-state index >= 15 is 0 Å². The van der Waals surface area contributed by atoms with E-state index in [-0.39, 0.29) is 23.1 Å². The van der Waals surface area contributed by atoms with E-state index in [0.29, 0.717) is 23.2 Å². The summed E-state index contributed by atoms with van der Waals surface area (Å²) < 4.78 is 69.1. The quantitative estimate of drug-likeness (QED) is 0.424. The first-order valence-electron chi connectivity index (χ1n) is 10.2. The van der Waals surface area contributed by atoms with Gasteiger partial charge >= 0.3 is 6.18 Å². The third kappa shape index (κ3) is 8.16. The standard InChI is InChI=1S/C20H20ClF3N4O6S2/c21-16-6-5-15(35-16)19(31)25-9-14(27-36(32,33)11-20(22,23)24)18(30)26-12-1-3-13(4-2-12)28-7-8-34-10-17(28)29/h1-6,14,27H,7-11H2,(H,25,31)(H,26,30)/t14-/m0/s1. The molecule has 0 bridgehead atoms. The van der Waals surface area contributed by atoms with Gasteiger partial charge in [0.1, 0.15) is 12.6 Å². The molecule has 1 atom stereocenters. The number of nitrogens with one attached hydrogen (secondary N) is 3. The van der Waals surface area contributed by atoms with Crippen molar-refractivity contribution < 1.29 is 40.7 Å². The number of ether oxygens (including phenoxy) is 1. The molecule has 0 unspecified atom stereocenters. The molecule has 3 rings (SSSR count). The average molecular weight is 569 g/mol. The van der Waals surface area contributed by atoms with Gasteiger partial charge in [-0.05, 0) is 36.4 Å². The number of thiophene rings is 1. The van der Waals surface area contributed by atoms with Crippen LogP contribution in [0.25, 0.3) is 0 Å². The number of carbonyl (C=O) groups is 3. The number of nitrogens with zero attached hydrogens (tertiary/aromatic N) is 1. The molecule has 1 aromatic heterocycles. The average Bonchev–Trinajstić information content (AvgIpc) is 3.22. The molecule has 0 spiro atoms. The van der Waals surface area contributed by atoms with Crippen LogP contribution >= 0.6 is 22.9 Å². The molecule has 0 saturated carbocycles. The second-order valence-electron chi connectivity index (χ2n) is 7.49. The number of hydrogen-bond acceptors (Lipinski definition) is 7. The molecule has 0 radical (unpaired) electrons. The Bertz CT molecular complexity index is 1220. The van der Waals surface area contributed by atoms with Gasteiger partial charge in [-0.25, -0.2) is 13.1 Å². The van der Waals surface area contributed by atoms with Crippen LogP contribution in [0.1, 0.15) is 9.67 Å². The zero-order valence-corrected chi connectivity index (χ0v) is 20.7. The maximum Gasteiger partial charge on any atom is 0.404 e. The van der Waals surface area contributed by atoms with Gasteiger partial charge < -0.3 is 20.3 Å². The van der Waals surface area contributed by atoms with Gasteiger partial charge in [0.2, 0.25) is 15.9 Å². The molecule has 1 fully saturated rings. The summed E-state index contributed by atoms with van der Waals surface area (Å²) in [6, 6.07) is 7.01. The number of rotatable bonds is 9. The van der Waals surface area contributed by atoms with Crippen LogP contribution in [-0.2, 0) is 24.3 Å². The van der Waals surface area contributed by atoms with Crippen molar-refractivity contribution in [2.75, 3.05) is 42.3 Å². The SMILES string of the molecule is O=C(NC[C@H](NS(=O)(=O)CC(F)(F)F)C(=O)Nc1ccc(N2CCOCC2=O)cc1)c1ccc(Cl)s1. The molecular formula is C20H20ClF3N4O6S2. The Labute approximate surface area is 212 Å². The summed E-state index contributed by atoms with van der Waals surface area (Å²) in [6.07, 6.45) is -5.05. The van der Waals surface area contributed by atoms with Crippen LogP contribution in [-0.4, -0.2) is 70.4 Å². The van der Waals surface area contributed by atoms with Crippen molar-refractivity contribution in [2.45, 2.75) is 12.2 Å². The van der Waals surface area contributed by atoms with Gasteiger partial charge in [0.25, 0.3) is 11.8 Å². The fourth-order valence-corrected chi connectivity index (χ4v) is 5.22. The van der Waals surface area contributed by atoms with E-state index in [1.807, 2.05) is 0 Å². The lowest BCUT2D eigenvalue weighted by atomic mass is 10.2. The molecule has 0 aliphatic carbocycles. The molecule has 1 aromatic carbocycles. The minimum Gasteiger partial charge on any atom is -0.370 e. The number of alkyl halides is 3. The second kappa shape index (κ2) is 11.6. The Kier molecular flexibility index (Phi) is 8.94.